The molecule has 3 heteroatoms. The maximum absolute atomic E-state index is 11.3. The van der Waals surface area contributed by atoms with E-state index in [1.54, 1.807) is 13.8 Å². The normalized spacial score (nSPS) is 32.4. The summed E-state index contributed by atoms with van der Waals surface area (Å²) in [6.45, 7) is 6.85. The second-order valence-corrected chi connectivity index (χ2v) is 4.28. The number of hydrogen-bond acceptors (Lipinski definition) is 3. The molecule has 1 fully saturated rings. The Morgan fingerprint density at radius 1 is 1.57 bits per heavy atom. The number of carbonyl (C=O) groups is 1. The van der Waals surface area contributed by atoms with E-state index in [4.69, 9.17) is 4.74 Å². The predicted molar refractivity (Wildman–Crippen MR) is 53.8 cm³/mol. The summed E-state index contributed by atoms with van der Waals surface area (Å²) in [6, 6.07) is 0. The first-order valence-electron chi connectivity index (χ1n) is 5.02. The second-order valence-electron chi connectivity index (χ2n) is 4.28. The minimum atomic E-state index is -0.872. The van der Waals surface area contributed by atoms with Crippen LogP contribution < -0.4 is 0 Å². The highest BCUT2D eigenvalue weighted by Crippen LogP contribution is 2.30. The minimum absolute atomic E-state index is 0.375. The molecule has 1 N–H and O–H groups in total. The van der Waals surface area contributed by atoms with Crippen molar-refractivity contribution in [2.75, 3.05) is 0 Å². The molecule has 0 amide bonds. The van der Waals surface area contributed by atoms with Gasteiger partial charge in [0, 0.05) is 5.57 Å². The smallest absolute Gasteiger partial charge is 0.333 e. The second kappa shape index (κ2) is 4.13. The molecule has 2 unspecified atom stereocenters. The van der Waals surface area contributed by atoms with E-state index in [1.165, 1.54) is 0 Å². The molecule has 0 bridgehead atoms. The fraction of sp³-hybridized carbons (Fsp3) is 0.727. The third-order valence-corrected chi connectivity index (χ3v) is 2.69. The van der Waals surface area contributed by atoms with E-state index in [9.17, 15) is 9.90 Å². The van der Waals surface area contributed by atoms with Crippen molar-refractivity contribution in [1.82, 2.24) is 0 Å². The van der Waals surface area contributed by atoms with E-state index in [-0.39, 0.29) is 6.10 Å². The van der Waals surface area contributed by atoms with Gasteiger partial charge in [0.25, 0.3) is 0 Å². The van der Waals surface area contributed by atoms with E-state index in [2.05, 4.69) is 6.58 Å². The van der Waals surface area contributed by atoms with Crippen LogP contribution in [0.25, 0.3) is 0 Å². The molecule has 0 aromatic carbocycles. The Labute approximate surface area is 84.8 Å². The number of hydrogen-bond donors (Lipinski definition) is 1. The third kappa shape index (κ3) is 2.58. The Hall–Kier alpha value is -0.830. The lowest BCUT2D eigenvalue weighted by Crippen LogP contribution is -2.44. The monoisotopic (exact) mass is 198 g/mol. The number of rotatable bonds is 2. The molecular weight excluding hydrogens is 180 g/mol. The molecule has 0 aromatic rings. The summed E-state index contributed by atoms with van der Waals surface area (Å²) < 4.78 is 5.18. The average Bonchev–Trinajstić information content (AvgIpc) is 2.08. The SMILES string of the molecule is C=C(C)C(=O)OC1CCCCC1(C)O. The van der Waals surface area contributed by atoms with Crippen LogP contribution in [0.1, 0.15) is 39.5 Å². The first-order valence-corrected chi connectivity index (χ1v) is 5.02. The van der Waals surface area contributed by atoms with Crippen LogP contribution in [-0.2, 0) is 9.53 Å². The van der Waals surface area contributed by atoms with Crippen LogP contribution in [-0.4, -0.2) is 22.8 Å². The molecule has 0 heterocycles. The van der Waals surface area contributed by atoms with Crippen molar-refractivity contribution < 1.29 is 14.6 Å². The molecule has 0 radical (unpaired) electrons. The van der Waals surface area contributed by atoms with Crippen LogP contribution in [0.2, 0.25) is 0 Å². The number of ether oxygens (including phenoxy) is 1. The third-order valence-electron chi connectivity index (χ3n) is 2.69. The largest absolute Gasteiger partial charge is 0.456 e. The van der Waals surface area contributed by atoms with Gasteiger partial charge in [-0.1, -0.05) is 13.0 Å². The Morgan fingerprint density at radius 3 is 2.71 bits per heavy atom. The van der Waals surface area contributed by atoms with Gasteiger partial charge < -0.3 is 9.84 Å². The van der Waals surface area contributed by atoms with Gasteiger partial charge in [0.05, 0.1) is 5.60 Å². The van der Waals surface area contributed by atoms with Crippen LogP contribution in [0.4, 0.5) is 0 Å². The Kier molecular flexibility index (Phi) is 3.32. The summed E-state index contributed by atoms with van der Waals surface area (Å²) >= 11 is 0. The Balaban J connectivity index is 2.58. The molecule has 80 valence electrons. The van der Waals surface area contributed by atoms with Gasteiger partial charge in [0.15, 0.2) is 0 Å². The van der Waals surface area contributed by atoms with E-state index in [1.807, 2.05) is 0 Å². The van der Waals surface area contributed by atoms with Crippen molar-refractivity contribution >= 4 is 5.97 Å². The summed E-state index contributed by atoms with van der Waals surface area (Å²) in [7, 11) is 0. The van der Waals surface area contributed by atoms with Crippen LogP contribution in [0.5, 0.6) is 0 Å². The molecule has 1 aliphatic rings. The van der Waals surface area contributed by atoms with Gasteiger partial charge in [-0.15, -0.1) is 0 Å². The summed E-state index contributed by atoms with van der Waals surface area (Å²) in [5.41, 5.74) is -0.491. The summed E-state index contributed by atoms with van der Waals surface area (Å²) in [6.07, 6.45) is 3.06. The first kappa shape index (κ1) is 11.2. The Morgan fingerprint density at radius 2 is 2.21 bits per heavy atom. The van der Waals surface area contributed by atoms with E-state index in [0.717, 1.165) is 19.3 Å². The summed E-state index contributed by atoms with van der Waals surface area (Å²) in [4.78, 5) is 11.3. The van der Waals surface area contributed by atoms with Gasteiger partial charge in [-0.3, -0.25) is 0 Å². The molecule has 3 nitrogen and oxygen atoms in total. The van der Waals surface area contributed by atoms with Gasteiger partial charge in [-0.25, -0.2) is 4.79 Å². The van der Waals surface area contributed by atoms with Crippen LogP contribution in [0, 0.1) is 0 Å². The molecule has 1 aliphatic carbocycles. The van der Waals surface area contributed by atoms with Gasteiger partial charge in [0.1, 0.15) is 6.10 Å². The minimum Gasteiger partial charge on any atom is -0.456 e. The zero-order valence-corrected chi connectivity index (χ0v) is 8.88. The van der Waals surface area contributed by atoms with Gasteiger partial charge >= 0.3 is 5.97 Å². The first-order chi connectivity index (χ1) is 6.43. The zero-order valence-electron chi connectivity index (χ0n) is 8.88. The lowest BCUT2D eigenvalue weighted by molar-refractivity contribution is -0.164. The number of aliphatic hydroxyl groups is 1. The molecule has 14 heavy (non-hydrogen) atoms. The maximum atomic E-state index is 11.3. The highest BCUT2D eigenvalue weighted by atomic mass is 16.6. The van der Waals surface area contributed by atoms with E-state index in [0.29, 0.717) is 12.0 Å². The Bertz CT molecular complexity index is 243. The maximum Gasteiger partial charge on any atom is 0.333 e. The van der Waals surface area contributed by atoms with Crippen LogP contribution in [0.3, 0.4) is 0 Å². The van der Waals surface area contributed by atoms with Gasteiger partial charge in [-0.2, -0.15) is 0 Å². The molecule has 2 atom stereocenters. The van der Waals surface area contributed by atoms with Crippen LogP contribution >= 0.6 is 0 Å². The highest BCUT2D eigenvalue weighted by molar-refractivity contribution is 5.87. The fourth-order valence-corrected chi connectivity index (χ4v) is 1.70. The molecule has 1 rings (SSSR count). The number of esters is 1. The lowest BCUT2D eigenvalue weighted by atomic mass is 9.84. The topological polar surface area (TPSA) is 46.5 Å². The highest BCUT2D eigenvalue weighted by Gasteiger charge is 2.37. The standard InChI is InChI=1S/C11H18O3/c1-8(2)10(12)14-9-6-4-5-7-11(9,3)13/h9,13H,1,4-7H2,2-3H3. The molecule has 1 saturated carbocycles. The van der Waals surface area contributed by atoms with Crippen molar-refractivity contribution in [2.45, 2.75) is 51.2 Å². The van der Waals surface area contributed by atoms with E-state index < -0.39 is 11.6 Å². The quantitative estimate of drug-likeness (QED) is 0.543. The summed E-state index contributed by atoms with van der Waals surface area (Å²) in [5.74, 6) is -0.405. The zero-order chi connectivity index (χ0) is 10.8. The van der Waals surface area contributed by atoms with Crippen molar-refractivity contribution in [2.24, 2.45) is 0 Å². The van der Waals surface area contributed by atoms with Crippen molar-refractivity contribution in [3.8, 4) is 0 Å². The molecule has 0 saturated heterocycles. The predicted octanol–water partition coefficient (Wildman–Crippen LogP) is 1.80. The fourth-order valence-electron chi connectivity index (χ4n) is 1.70. The van der Waals surface area contributed by atoms with Crippen molar-refractivity contribution in [3.05, 3.63) is 12.2 Å². The summed E-state index contributed by atoms with van der Waals surface area (Å²) in [5, 5.41) is 9.96. The molecule has 0 aliphatic heterocycles. The van der Waals surface area contributed by atoms with Crippen LogP contribution in [0.15, 0.2) is 12.2 Å². The van der Waals surface area contributed by atoms with Crippen molar-refractivity contribution in [1.29, 1.82) is 0 Å². The van der Waals surface area contributed by atoms with Crippen molar-refractivity contribution in [3.63, 3.8) is 0 Å². The number of carbonyl (C=O) groups excluding carboxylic acids is 1. The van der Waals surface area contributed by atoms with Gasteiger partial charge in [0.2, 0.25) is 0 Å². The van der Waals surface area contributed by atoms with Gasteiger partial charge in [-0.05, 0) is 33.1 Å². The molecular formula is C11H18O3. The molecule has 0 spiro atoms. The lowest BCUT2D eigenvalue weighted by Gasteiger charge is -2.36. The van der Waals surface area contributed by atoms with E-state index >= 15 is 0 Å². The molecule has 0 aromatic heterocycles. The average molecular weight is 198 g/mol.